The number of hydrogen-bond donors (Lipinski definition) is 0. The third-order valence-corrected chi connectivity index (χ3v) is 4.71. The molecule has 28 heavy (non-hydrogen) atoms. The minimum Gasteiger partial charge on any atom is -0.464 e. The van der Waals surface area contributed by atoms with E-state index in [0.717, 1.165) is 17.1 Å². The van der Waals surface area contributed by atoms with Crippen LogP contribution < -0.4 is 0 Å². The van der Waals surface area contributed by atoms with Crippen LogP contribution in [0.2, 0.25) is 0 Å². The Hall–Kier alpha value is -2.88. The summed E-state index contributed by atoms with van der Waals surface area (Å²) in [6, 6.07) is 17.7. The molecular weight excluding hydrogens is 353 g/mol. The average Bonchev–Trinajstić information content (AvgIpc) is 3.06. The van der Waals surface area contributed by atoms with Crippen molar-refractivity contribution < 1.29 is 13.6 Å². The van der Waals surface area contributed by atoms with E-state index >= 15 is 0 Å². The van der Waals surface area contributed by atoms with E-state index in [1.807, 2.05) is 43.3 Å². The molecule has 0 spiro atoms. The van der Waals surface area contributed by atoms with Gasteiger partial charge in [-0.25, -0.2) is 4.39 Å². The van der Waals surface area contributed by atoms with Crippen molar-refractivity contribution in [1.82, 2.24) is 4.90 Å². The summed E-state index contributed by atoms with van der Waals surface area (Å²) in [4.78, 5) is 14.9. The Bertz CT molecular complexity index is 934. The van der Waals surface area contributed by atoms with Crippen LogP contribution in [0.5, 0.6) is 0 Å². The van der Waals surface area contributed by atoms with Crippen LogP contribution in [0.4, 0.5) is 4.39 Å². The molecule has 2 aromatic carbocycles. The number of carbonyl (C=O) groups excluding carboxylic acids is 1. The molecule has 0 N–H and O–H groups in total. The summed E-state index contributed by atoms with van der Waals surface area (Å²) in [7, 11) is 0. The second-order valence-corrected chi connectivity index (χ2v) is 8.13. The van der Waals surface area contributed by atoms with Gasteiger partial charge < -0.3 is 9.32 Å². The second-order valence-electron chi connectivity index (χ2n) is 8.13. The highest BCUT2D eigenvalue weighted by Crippen LogP contribution is 2.23. The van der Waals surface area contributed by atoms with Gasteiger partial charge in [-0.3, -0.25) is 4.79 Å². The van der Waals surface area contributed by atoms with Gasteiger partial charge in [-0.1, -0.05) is 45.0 Å². The number of benzene rings is 2. The summed E-state index contributed by atoms with van der Waals surface area (Å²) in [6.45, 7) is 9.03. The van der Waals surface area contributed by atoms with Gasteiger partial charge >= 0.3 is 0 Å². The second kappa shape index (κ2) is 8.01. The zero-order valence-electron chi connectivity index (χ0n) is 16.8. The van der Waals surface area contributed by atoms with E-state index < -0.39 is 0 Å². The van der Waals surface area contributed by atoms with E-state index in [9.17, 15) is 9.18 Å². The smallest absolute Gasteiger partial charge is 0.254 e. The molecule has 1 amide bonds. The molecule has 0 aliphatic heterocycles. The molecule has 0 atom stereocenters. The van der Waals surface area contributed by atoms with Crippen LogP contribution in [0.1, 0.15) is 53.8 Å². The lowest BCUT2D eigenvalue weighted by atomic mass is 9.86. The zero-order chi connectivity index (χ0) is 20.3. The van der Waals surface area contributed by atoms with E-state index in [4.69, 9.17) is 4.42 Å². The fourth-order valence-electron chi connectivity index (χ4n) is 3.06. The first-order valence-corrected chi connectivity index (χ1v) is 9.42. The minimum atomic E-state index is -0.291. The molecule has 146 valence electrons. The van der Waals surface area contributed by atoms with E-state index in [0.29, 0.717) is 18.7 Å². The third-order valence-electron chi connectivity index (χ3n) is 4.71. The lowest BCUT2D eigenvalue weighted by Crippen LogP contribution is -2.30. The first-order valence-electron chi connectivity index (χ1n) is 9.42. The Morgan fingerprint density at radius 3 is 2.11 bits per heavy atom. The van der Waals surface area contributed by atoms with E-state index in [-0.39, 0.29) is 17.1 Å². The van der Waals surface area contributed by atoms with Crippen molar-refractivity contribution in [3.8, 4) is 0 Å². The molecule has 0 radical (unpaired) electrons. The Morgan fingerprint density at radius 2 is 1.57 bits per heavy atom. The van der Waals surface area contributed by atoms with E-state index in [1.165, 1.54) is 17.7 Å². The Balaban J connectivity index is 1.86. The summed E-state index contributed by atoms with van der Waals surface area (Å²) in [5.74, 6) is 1.15. The molecule has 0 aliphatic carbocycles. The molecular formula is C24H26FNO2. The van der Waals surface area contributed by atoms with Crippen LogP contribution in [0, 0.1) is 12.7 Å². The number of hydrogen-bond acceptors (Lipinski definition) is 2. The summed E-state index contributed by atoms with van der Waals surface area (Å²) in [5.41, 5.74) is 2.69. The van der Waals surface area contributed by atoms with Crippen molar-refractivity contribution in [2.45, 2.75) is 46.2 Å². The molecule has 0 saturated carbocycles. The van der Waals surface area contributed by atoms with Crippen LogP contribution in [-0.4, -0.2) is 10.8 Å². The number of rotatable bonds is 5. The van der Waals surface area contributed by atoms with Crippen LogP contribution in [-0.2, 0) is 18.5 Å². The SMILES string of the molecule is Cc1ccc(CN(Cc2ccc(F)cc2)C(=O)c2ccc(C(C)(C)C)cc2)o1. The lowest BCUT2D eigenvalue weighted by molar-refractivity contribution is 0.0717. The van der Waals surface area contributed by atoms with Gasteiger partial charge in [0.15, 0.2) is 0 Å². The number of amides is 1. The molecule has 1 heterocycles. The van der Waals surface area contributed by atoms with Gasteiger partial charge in [-0.05, 0) is 59.9 Å². The topological polar surface area (TPSA) is 33.5 Å². The maximum atomic E-state index is 13.2. The molecule has 0 bridgehead atoms. The van der Waals surface area contributed by atoms with Crippen LogP contribution >= 0.6 is 0 Å². The maximum absolute atomic E-state index is 13.2. The number of halogens is 1. The maximum Gasteiger partial charge on any atom is 0.254 e. The van der Waals surface area contributed by atoms with E-state index in [1.54, 1.807) is 17.0 Å². The highest BCUT2D eigenvalue weighted by atomic mass is 19.1. The highest BCUT2D eigenvalue weighted by molar-refractivity contribution is 5.94. The number of aryl methyl sites for hydroxylation is 1. The quantitative estimate of drug-likeness (QED) is 0.556. The first-order chi connectivity index (χ1) is 13.2. The number of furan rings is 1. The van der Waals surface area contributed by atoms with Crippen molar-refractivity contribution in [3.05, 3.63) is 94.7 Å². The standard InChI is InChI=1S/C24H26FNO2/c1-17-5-14-22(28-17)16-26(15-18-6-12-21(25)13-7-18)23(27)19-8-10-20(11-9-19)24(2,3)4/h5-14H,15-16H2,1-4H3. The van der Waals surface area contributed by atoms with Gasteiger partial charge in [-0.2, -0.15) is 0 Å². The van der Waals surface area contributed by atoms with Gasteiger partial charge in [0.25, 0.3) is 5.91 Å². The van der Waals surface area contributed by atoms with Crippen LogP contribution in [0.25, 0.3) is 0 Å². The fourth-order valence-corrected chi connectivity index (χ4v) is 3.06. The molecule has 0 fully saturated rings. The van der Waals surface area contributed by atoms with Crippen molar-refractivity contribution in [2.24, 2.45) is 0 Å². The van der Waals surface area contributed by atoms with Crippen molar-refractivity contribution in [3.63, 3.8) is 0 Å². The summed E-state index contributed by atoms with van der Waals surface area (Å²) in [6.07, 6.45) is 0. The van der Waals surface area contributed by atoms with Gasteiger partial charge in [0.2, 0.25) is 0 Å². The predicted molar refractivity (Wildman–Crippen MR) is 109 cm³/mol. The van der Waals surface area contributed by atoms with Crippen molar-refractivity contribution in [2.75, 3.05) is 0 Å². The minimum absolute atomic E-state index is 0.0288. The van der Waals surface area contributed by atoms with Crippen LogP contribution in [0.3, 0.4) is 0 Å². The van der Waals surface area contributed by atoms with Gasteiger partial charge in [0, 0.05) is 12.1 Å². The number of nitrogens with zero attached hydrogens (tertiary/aromatic N) is 1. The van der Waals surface area contributed by atoms with Crippen LogP contribution in [0.15, 0.2) is 65.1 Å². The van der Waals surface area contributed by atoms with Gasteiger partial charge in [0.05, 0.1) is 6.54 Å². The molecule has 0 saturated heterocycles. The third kappa shape index (κ3) is 4.89. The normalized spacial score (nSPS) is 11.5. The largest absolute Gasteiger partial charge is 0.464 e. The first kappa shape index (κ1) is 19.9. The molecule has 0 aliphatic rings. The zero-order valence-corrected chi connectivity index (χ0v) is 16.8. The van der Waals surface area contributed by atoms with Crippen molar-refractivity contribution in [1.29, 1.82) is 0 Å². The average molecular weight is 379 g/mol. The molecule has 0 unspecified atom stereocenters. The fraction of sp³-hybridized carbons (Fsp3) is 0.292. The monoisotopic (exact) mass is 379 g/mol. The molecule has 3 nitrogen and oxygen atoms in total. The molecule has 3 rings (SSSR count). The van der Waals surface area contributed by atoms with Gasteiger partial charge in [-0.15, -0.1) is 0 Å². The van der Waals surface area contributed by atoms with E-state index in [2.05, 4.69) is 20.8 Å². The van der Waals surface area contributed by atoms with Gasteiger partial charge in [0.1, 0.15) is 17.3 Å². The predicted octanol–water partition coefficient (Wildman–Crippen LogP) is 5.87. The molecule has 3 aromatic rings. The molecule has 1 aromatic heterocycles. The lowest BCUT2D eigenvalue weighted by Gasteiger charge is -2.23. The summed E-state index contributed by atoms with van der Waals surface area (Å²) < 4.78 is 18.9. The van der Waals surface area contributed by atoms with Crippen molar-refractivity contribution >= 4 is 5.91 Å². The Kier molecular flexibility index (Phi) is 5.68. The summed E-state index contributed by atoms with van der Waals surface area (Å²) in [5, 5.41) is 0. The Labute approximate surface area is 165 Å². The number of carbonyl (C=O) groups is 1. The highest BCUT2D eigenvalue weighted by Gasteiger charge is 2.20. The Morgan fingerprint density at radius 1 is 0.929 bits per heavy atom. The summed E-state index contributed by atoms with van der Waals surface area (Å²) >= 11 is 0. The molecule has 4 heteroatoms.